The van der Waals surface area contributed by atoms with E-state index >= 15 is 0 Å². The molecule has 1 fully saturated rings. The van der Waals surface area contributed by atoms with Crippen LogP contribution in [0.1, 0.15) is 45.9 Å². The van der Waals surface area contributed by atoms with Crippen molar-refractivity contribution in [2.24, 2.45) is 0 Å². The Morgan fingerprint density at radius 1 is 1.05 bits per heavy atom. The van der Waals surface area contributed by atoms with Crippen LogP contribution in [0.3, 0.4) is 0 Å². The predicted molar refractivity (Wildman–Crippen MR) is 160 cm³/mol. The van der Waals surface area contributed by atoms with E-state index in [2.05, 4.69) is 15.6 Å². The SMILES string of the molecule is COCC(=O)Nc1ccc(N2C(=S)NC(c3ccccn3)C2c2cc(C)n(-c3cccc(C(F)(F)F)c3)c2C)cc1C. The lowest BCUT2D eigenvalue weighted by molar-refractivity contribution is -0.137. The summed E-state index contributed by atoms with van der Waals surface area (Å²) in [6, 6.07) is 17.9. The highest BCUT2D eigenvalue weighted by Gasteiger charge is 2.42. The molecule has 4 aromatic rings. The number of ether oxygens (including phenoxy) is 1. The third-order valence-electron chi connectivity index (χ3n) is 7.36. The Morgan fingerprint density at radius 3 is 2.50 bits per heavy atom. The Labute approximate surface area is 247 Å². The fourth-order valence-corrected chi connectivity index (χ4v) is 5.86. The number of amides is 1. The van der Waals surface area contributed by atoms with Gasteiger partial charge >= 0.3 is 6.18 Å². The van der Waals surface area contributed by atoms with Crippen molar-refractivity contribution in [3.05, 3.63) is 107 Å². The maximum Gasteiger partial charge on any atom is 0.416 e. The summed E-state index contributed by atoms with van der Waals surface area (Å²) in [5, 5.41) is 6.75. The molecule has 1 aliphatic heterocycles. The number of anilines is 2. The van der Waals surface area contributed by atoms with Gasteiger partial charge in [0.1, 0.15) is 6.61 Å². The van der Waals surface area contributed by atoms with Gasteiger partial charge in [-0.2, -0.15) is 13.2 Å². The van der Waals surface area contributed by atoms with Crippen molar-refractivity contribution in [1.82, 2.24) is 14.9 Å². The zero-order valence-electron chi connectivity index (χ0n) is 23.5. The second-order valence-corrected chi connectivity index (χ2v) is 10.6. The van der Waals surface area contributed by atoms with E-state index in [4.69, 9.17) is 17.0 Å². The van der Waals surface area contributed by atoms with E-state index in [9.17, 15) is 18.0 Å². The van der Waals surface area contributed by atoms with Crippen molar-refractivity contribution in [3.8, 4) is 5.69 Å². The Bertz CT molecular complexity index is 1640. The molecule has 2 N–H and O–H groups in total. The fourth-order valence-electron chi connectivity index (χ4n) is 5.51. The number of halogens is 3. The van der Waals surface area contributed by atoms with Crippen molar-refractivity contribution in [2.75, 3.05) is 23.9 Å². The average molecular weight is 594 g/mol. The van der Waals surface area contributed by atoms with Gasteiger partial charge in [0.25, 0.3) is 0 Å². The minimum Gasteiger partial charge on any atom is -0.375 e. The number of hydrogen-bond acceptors (Lipinski definition) is 4. The van der Waals surface area contributed by atoms with Crippen molar-refractivity contribution < 1.29 is 22.7 Å². The van der Waals surface area contributed by atoms with Crippen molar-refractivity contribution in [2.45, 2.75) is 39.0 Å². The second-order valence-electron chi connectivity index (χ2n) is 10.2. The lowest BCUT2D eigenvalue weighted by Crippen LogP contribution is -2.29. The first-order valence-corrected chi connectivity index (χ1v) is 13.7. The molecule has 0 saturated carbocycles. The molecule has 2 aromatic carbocycles. The van der Waals surface area contributed by atoms with Crippen LogP contribution in [0, 0.1) is 20.8 Å². The molecule has 7 nitrogen and oxygen atoms in total. The zero-order valence-corrected chi connectivity index (χ0v) is 24.3. The van der Waals surface area contributed by atoms with E-state index in [0.29, 0.717) is 16.5 Å². The van der Waals surface area contributed by atoms with E-state index in [1.54, 1.807) is 12.3 Å². The number of aryl methyl sites for hydroxylation is 2. The molecule has 218 valence electrons. The first-order valence-electron chi connectivity index (χ1n) is 13.3. The Balaban J connectivity index is 1.61. The summed E-state index contributed by atoms with van der Waals surface area (Å²) in [5.74, 6) is -0.262. The molecule has 0 radical (unpaired) electrons. The number of nitrogens with one attached hydrogen (secondary N) is 2. The number of carbonyl (C=O) groups is 1. The van der Waals surface area contributed by atoms with Crippen LogP contribution in [-0.2, 0) is 15.7 Å². The van der Waals surface area contributed by atoms with Gasteiger partial charge in [-0.15, -0.1) is 0 Å². The highest BCUT2D eigenvalue weighted by molar-refractivity contribution is 7.80. The molecule has 0 aliphatic carbocycles. The van der Waals surface area contributed by atoms with E-state index in [0.717, 1.165) is 46.0 Å². The van der Waals surface area contributed by atoms with Gasteiger partial charge in [0.2, 0.25) is 5.91 Å². The van der Waals surface area contributed by atoms with Gasteiger partial charge in [-0.25, -0.2) is 0 Å². The molecule has 3 heterocycles. The number of alkyl halides is 3. The molecule has 42 heavy (non-hydrogen) atoms. The molecule has 0 spiro atoms. The topological polar surface area (TPSA) is 71.4 Å². The summed E-state index contributed by atoms with van der Waals surface area (Å²) in [6.07, 6.45) is -2.74. The predicted octanol–water partition coefficient (Wildman–Crippen LogP) is 6.58. The van der Waals surface area contributed by atoms with E-state index in [1.165, 1.54) is 13.2 Å². The number of methoxy groups -OCH3 is 1. The van der Waals surface area contributed by atoms with Gasteiger partial charge in [-0.1, -0.05) is 12.1 Å². The number of carbonyl (C=O) groups excluding carboxylic acids is 1. The number of rotatable bonds is 7. The first kappa shape index (κ1) is 29.3. The first-order chi connectivity index (χ1) is 20.0. The quantitative estimate of drug-likeness (QED) is 0.236. The molecule has 1 saturated heterocycles. The second kappa shape index (κ2) is 11.6. The van der Waals surface area contributed by atoms with Gasteiger partial charge in [-0.3, -0.25) is 9.78 Å². The average Bonchev–Trinajstić information content (AvgIpc) is 3.44. The van der Waals surface area contributed by atoms with Gasteiger partial charge < -0.3 is 24.8 Å². The Kier molecular flexibility index (Phi) is 8.07. The maximum absolute atomic E-state index is 13.6. The molecule has 5 rings (SSSR count). The molecular formula is C31H30F3N5O2S. The number of pyridine rings is 1. The van der Waals surface area contributed by atoms with Crippen LogP contribution in [0.4, 0.5) is 24.5 Å². The molecular weight excluding hydrogens is 563 g/mol. The summed E-state index contributed by atoms with van der Waals surface area (Å²) in [6.45, 7) is 5.61. The number of benzene rings is 2. The van der Waals surface area contributed by atoms with Gasteiger partial charge in [0.05, 0.1) is 23.3 Å². The fraction of sp³-hybridized carbons (Fsp3) is 0.258. The Morgan fingerprint density at radius 2 is 1.83 bits per heavy atom. The normalized spacial score (nSPS) is 16.9. The van der Waals surface area contributed by atoms with Crippen LogP contribution >= 0.6 is 12.2 Å². The summed E-state index contributed by atoms with van der Waals surface area (Å²) in [5.41, 5.74) is 5.22. The number of aromatic nitrogens is 2. The molecule has 2 aromatic heterocycles. The van der Waals surface area contributed by atoms with E-state index in [1.807, 2.05) is 72.7 Å². The highest BCUT2D eigenvalue weighted by atomic mass is 32.1. The molecule has 0 bridgehead atoms. The van der Waals surface area contributed by atoms with E-state index < -0.39 is 11.7 Å². The van der Waals surface area contributed by atoms with Gasteiger partial charge in [0, 0.05) is 41.8 Å². The van der Waals surface area contributed by atoms with Gasteiger partial charge in [-0.05, 0) is 98.7 Å². The third kappa shape index (κ3) is 5.62. The van der Waals surface area contributed by atoms with Gasteiger partial charge in [0.15, 0.2) is 5.11 Å². The maximum atomic E-state index is 13.6. The van der Waals surface area contributed by atoms with Crippen LogP contribution in [0.2, 0.25) is 0 Å². The van der Waals surface area contributed by atoms with Crippen molar-refractivity contribution in [1.29, 1.82) is 0 Å². The standard InChI is InChI=1S/C31H30F3N5O2S/c1-18-14-23(11-12-25(18)36-27(40)17-41-4)39-29(28(37-30(39)42)26-10-5-6-13-35-26)24-15-19(2)38(20(24)3)22-9-7-8-21(16-22)31(32,33)34/h5-16,28-29H,17H2,1-4H3,(H,36,40)(H,37,42). The summed E-state index contributed by atoms with van der Waals surface area (Å²) < 4.78 is 47.4. The summed E-state index contributed by atoms with van der Waals surface area (Å²) >= 11 is 5.86. The summed E-state index contributed by atoms with van der Waals surface area (Å²) in [7, 11) is 1.46. The molecule has 1 aliphatic rings. The van der Waals surface area contributed by atoms with Crippen LogP contribution < -0.4 is 15.5 Å². The Hall–Kier alpha value is -4.22. The van der Waals surface area contributed by atoms with Crippen LogP contribution in [0.15, 0.2) is 72.9 Å². The number of nitrogens with zero attached hydrogens (tertiary/aromatic N) is 3. The van der Waals surface area contributed by atoms with E-state index in [-0.39, 0.29) is 24.6 Å². The minimum atomic E-state index is -4.46. The number of thiocarbonyl (C=S) groups is 1. The summed E-state index contributed by atoms with van der Waals surface area (Å²) in [4.78, 5) is 18.7. The minimum absolute atomic E-state index is 0.0589. The largest absolute Gasteiger partial charge is 0.416 e. The highest BCUT2D eigenvalue weighted by Crippen LogP contribution is 2.44. The van der Waals surface area contributed by atoms with Crippen LogP contribution in [0.5, 0.6) is 0 Å². The van der Waals surface area contributed by atoms with Crippen LogP contribution in [-0.4, -0.2) is 34.3 Å². The van der Waals surface area contributed by atoms with Crippen molar-refractivity contribution >= 4 is 34.6 Å². The molecule has 2 unspecified atom stereocenters. The molecule has 1 amide bonds. The lowest BCUT2D eigenvalue weighted by Gasteiger charge is -2.29. The monoisotopic (exact) mass is 593 g/mol. The molecule has 2 atom stereocenters. The third-order valence-corrected chi connectivity index (χ3v) is 7.67. The lowest BCUT2D eigenvalue weighted by atomic mass is 9.96. The smallest absolute Gasteiger partial charge is 0.375 e. The molecule has 11 heteroatoms. The number of hydrogen-bond donors (Lipinski definition) is 2. The zero-order chi connectivity index (χ0) is 30.2. The van der Waals surface area contributed by atoms with Crippen LogP contribution in [0.25, 0.3) is 5.69 Å². The van der Waals surface area contributed by atoms with Crippen molar-refractivity contribution in [3.63, 3.8) is 0 Å².